The second-order valence-corrected chi connectivity index (χ2v) is 6.03. The molecular weight excluding hydrogens is 336 g/mol. The van der Waals surface area contributed by atoms with Crippen molar-refractivity contribution >= 4 is 11.9 Å². The van der Waals surface area contributed by atoms with Crippen molar-refractivity contribution in [2.75, 3.05) is 53.0 Å². The molecule has 26 heavy (non-hydrogen) atoms. The van der Waals surface area contributed by atoms with Crippen molar-refractivity contribution in [2.24, 2.45) is 0 Å². The van der Waals surface area contributed by atoms with Crippen molar-refractivity contribution in [2.45, 2.75) is 20.3 Å². The molecule has 7 nitrogen and oxygen atoms in total. The Bertz CT molecular complexity index is 620. The number of nitrogens with zero attached hydrogens (tertiary/aromatic N) is 2. The number of ether oxygens (including phenoxy) is 3. The van der Waals surface area contributed by atoms with E-state index in [4.69, 9.17) is 14.2 Å². The topological polar surface area (TPSA) is 68.3 Å². The molecular formula is C19H28N2O5. The molecule has 1 aromatic carbocycles. The molecule has 0 radical (unpaired) electrons. The molecule has 0 aromatic heterocycles. The van der Waals surface area contributed by atoms with E-state index in [9.17, 15) is 9.59 Å². The highest BCUT2D eigenvalue weighted by Crippen LogP contribution is 2.28. The average molecular weight is 364 g/mol. The Morgan fingerprint density at radius 2 is 1.85 bits per heavy atom. The third kappa shape index (κ3) is 5.36. The number of carbonyl (C=O) groups excluding carboxylic acids is 2. The van der Waals surface area contributed by atoms with Gasteiger partial charge in [0.1, 0.15) is 0 Å². The second kappa shape index (κ2) is 10.0. The van der Waals surface area contributed by atoms with Gasteiger partial charge in [-0.05, 0) is 38.5 Å². The van der Waals surface area contributed by atoms with Crippen LogP contribution in [0.4, 0.5) is 0 Å². The van der Waals surface area contributed by atoms with Crippen LogP contribution in [-0.2, 0) is 9.53 Å². The predicted octanol–water partition coefficient (Wildman–Crippen LogP) is 1.80. The highest BCUT2D eigenvalue weighted by atomic mass is 16.5. The van der Waals surface area contributed by atoms with Crippen LogP contribution in [-0.4, -0.2) is 74.7 Å². The number of hydrogen-bond donors (Lipinski definition) is 0. The molecule has 1 aliphatic heterocycles. The van der Waals surface area contributed by atoms with Gasteiger partial charge in [0.2, 0.25) is 0 Å². The van der Waals surface area contributed by atoms with E-state index in [1.165, 1.54) is 0 Å². The van der Waals surface area contributed by atoms with Crippen molar-refractivity contribution in [1.82, 2.24) is 9.80 Å². The van der Waals surface area contributed by atoms with E-state index in [-0.39, 0.29) is 18.4 Å². The summed E-state index contributed by atoms with van der Waals surface area (Å²) in [6, 6.07) is 5.24. The zero-order valence-corrected chi connectivity index (χ0v) is 15.8. The third-order valence-corrected chi connectivity index (χ3v) is 4.24. The molecule has 144 valence electrons. The SMILES string of the molecule is CCOC(=O)CN1CCCN(C(=O)c2ccc(OCC)c(OC)c2)CC1. The van der Waals surface area contributed by atoms with Gasteiger partial charge in [-0.3, -0.25) is 14.5 Å². The van der Waals surface area contributed by atoms with Crippen LogP contribution in [0.3, 0.4) is 0 Å². The van der Waals surface area contributed by atoms with E-state index in [0.29, 0.717) is 49.9 Å². The van der Waals surface area contributed by atoms with E-state index in [2.05, 4.69) is 0 Å². The molecule has 0 bridgehead atoms. The van der Waals surface area contributed by atoms with Crippen LogP contribution in [0.2, 0.25) is 0 Å². The lowest BCUT2D eigenvalue weighted by Crippen LogP contribution is -2.37. The number of methoxy groups -OCH3 is 1. The molecule has 7 heteroatoms. The minimum Gasteiger partial charge on any atom is -0.493 e. The van der Waals surface area contributed by atoms with Crippen LogP contribution in [0.5, 0.6) is 11.5 Å². The first kappa shape index (κ1) is 20.0. The van der Waals surface area contributed by atoms with Crippen LogP contribution < -0.4 is 9.47 Å². The maximum absolute atomic E-state index is 12.8. The number of hydrogen-bond acceptors (Lipinski definition) is 6. The van der Waals surface area contributed by atoms with Crippen LogP contribution in [0.1, 0.15) is 30.6 Å². The van der Waals surface area contributed by atoms with Crippen molar-refractivity contribution in [1.29, 1.82) is 0 Å². The number of amides is 1. The van der Waals surface area contributed by atoms with Crippen LogP contribution in [0, 0.1) is 0 Å². The van der Waals surface area contributed by atoms with Gasteiger partial charge in [0.15, 0.2) is 11.5 Å². The van der Waals surface area contributed by atoms with Gasteiger partial charge in [0.25, 0.3) is 5.91 Å². The monoisotopic (exact) mass is 364 g/mol. The fourth-order valence-electron chi connectivity index (χ4n) is 2.98. The Labute approximate surface area is 154 Å². The molecule has 1 heterocycles. The maximum atomic E-state index is 12.8. The Morgan fingerprint density at radius 3 is 2.54 bits per heavy atom. The molecule has 0 saturated carbocycles. The summed E-state index contributed by atoms with van der Waals surface area (Å²) in [5, 5.41) is 0. The Hall–Kier alpha value is -2.28. The smallest absolute Gasteiger partial charge is 0.320 e. The lowest BCUT2D eigenvalue weighted by Gasteiger charge is -2.22. The van der Waals surface area contributed by atoms with Crippen LogP contribution in [0.15, 0.2) is 18.2 Å². The zero-order chi connectivity index (χ0) is 18.9. The molecule has 1 aliphatic rings. The standard InChI is InChI=1S/C19H28N2O5/c1-4-25-16-8-7-15(13-17(16)24-3)19(23)21-10-6-9-20(11-12-21)14-18(22)26-5-2/h7-8,13H,4-6,9-12,14H2,1-3H3. The zero-order valence-electron chi connectivity index (χ0n) is 15.8. The van der Waals surface area contributed by atoms with Crippen molar-refractivity contribution in [3.63, 3.8) is 0 Å². The molecule has 1 fully saturated rings. The van der Waals surface area contributed by atoms with Crippen molar-refractivity contribution in [3.8, 4) is 11.5 Å². The van der Waals surface area contributed by atoms with E-state index in [1.54, 1.807) is 32.2 Å². The van der Waals surface area contributed by atoms with Crippen LogP contribution >= 0.6 is 0 Å². The summed E-state index contributed by atoms with van der Waals surface area (Å²) < 4.78 is 15.8. The normalized spacial score (nSPS) is 15.3. The first-order valence-corrected chi connectivity index (χ1v) is 9.07. The Balaban J connectivity index is 2.00. The average Bonchev–Trinajstić information content (AvgIpc) is 2.87. The van der Waals surface area contributed by atoms with E-state index >= 15 is 0 Å². The number of benzene rings is 1. The molecule has 0 atom stereocenters. The first-order valence-electron chi connectivity index (χ1n) is 9.07. The lowest BCUT2D eigenvalue weighted by molar-refractivity contribution is -0.144. The molecule has 0 aliphatic carbocycles. The largest absolute Gasteiger partial charge is 0.493 e. The first-order chi connectivity index (χ1) is 12.6. The minimum atomic E-state index is -0.219. The molecule has 1 saturated heterocycles. The summed E-state index contributed by atoms with van der Waals surface area (Å²) in [5.74, 6) is 0.923. The molecule has 0 spiro atoms. The van der Waals surface area contributed by atoms with Gasteiger partial charge >= 0.3 is 5.97 Å². The second-order valence-electron chi connectivity index (χ2n) is 6.03. The quantitative estimate of drug-likeness (QED) is 0.688. The van der Waals surface area contributed by atoms with Crippen molar-refractivity contribution < 1.29 is 23.8 Å². The highest BCUT2D eigenvalue weighted by molar-refractivity contribution is 5.95. The van der Waals surface area contributed by atoms with Gasteiger partial charge in [0.05, 0.1) is 26.9 Å². The third-order valence-electron chi connectivity index (χ3n) is 4.24. The van der Waals surface area contributed by atoms with Gasteiger partial charge in [-0.25, -0.2) is 0 Å². The Morgan fingerprint density at radius 1 is 1.04 bits per heavy atom. The number of carbonyl (C=O) groups is 2. The molecule has 2 rings (SSSR count). The lowest BCUT2D eigenvalue weighted by atomic mass is 10.1. The molecule has 1 amide bonds. The number of rotatable bonds is 7. The van der Waals surface area contributed by atoms with Gasteiger partial charge in [-0.1, -0.05) is 0 Å². The molecule has 0 N–H and O–H groups in total. The maximum Gasteiger partial charge on any atom is 0.320 e. The Kier molecular flexibility index (Phi) is 7.72. The van der Waals surface area contributed by atoms with Gasteiger partial charge in [0, 0.05) is 31.7 Å². The molecule has 0 unspecified atom stereocenters. The minimum absolute atomic E-state index is 0.0377. The van der Waals surface area contributed by atoms with E-state index < -0.39 is 0 Å². The van der Waals surface area contributed by atoms with Gasteiger partial charge in [-0.2, -0.15) is 0 Å². The fourth-order valence-corrected chi connectivity index (χ4v) is 2.98. The van der Waals surface area contributed by atoms with Crippen molar-refractivity contribution in [3.05, 3.63) is 23.8 Å². The summed E-state index contributed by atoms with van der Waals surface area (Å²) in [7, 11) is 1.56. The summed E-state index contributed by atoms with van der Waals surface area (Å²) in [4.78, 5) is 28.3. The van der Waals surface area contributed by atoms with E-state index in [1.807, 2.05) is 16.7 Å². The fraction of sp³-hybridized carbons (Fsp3) is 0.579. The summed E-state index contributed by atoms with van der Waals surface area (Å²) in [5.41, 5.74) is 0.573. The van der Waals surface area contributed by atoms with Gasteiger partial charge in [-0.15, -0.1) is 0 Å². The predicted molar refractivity (Wildman–Crippen MR) is 97.8 cm³/mol. The summed E-state index contributed by atoms with van der Waals surface area (Å²) >= 11 is 0. The summed E-state index contributed by atoms with van der Waals surface area (Å²) in [6.07, 6.45) is 0.819. The van der Waals surface area contributed by atoms with Crippen LogP contribution in [0.25, 0.3) is 0 Å². The van der Waals surface area contributed by atoms with Gasteiger partial charge < -0.3 is 19.1 Å². The highest BCUT2D eigenvalue weighted by Gasteiger charge is 2.22. The number of esters is 1. The molecule has 1 aromatic rings. The summed E-state index contributed by atoms with van der Waals surface area (Å²) in [6.45, 7) is 7.55. The van der Waals surface area contributed by atoms with E-state index in [0.717, 1.165) is 13.0 Å².